The molecule has 1 aromatic carbocycles. The van der Waals surface area contributed by atoms with Gasteiger partial charge in [0.25, 0.3) is 0 Å². The molecule has 0 saturated carbocycles. The predicted octanol–water partition coefficient (Wildman–Crippen LogP) is 0.291. The van der Waals surface area contributed by atoms with Crippen molar-refractivity contribution in [3.63, 3.8) is 0 Å². The summed E-state index contributed by atoms with van der Waals surface area (Å²) in [5.74, 6) is 0.0252. The first kappa shape index (κ1) is 18.8. The second-order valence-corrected chi connectivity index (χ2v) is 6.14. The first-order chi connectivity index (χ1) is 11.9. The average Bonchev–Trinajstić information content (AvgIpc) is 2.85. The van der Waals surface area contributed by atoms with Crippen LogP contribution in [0.3, 0.4) is 0 Å². The van der Waals surface area contributed by atoms with Crippen LogP contribution >= 0.6 is 0 Å². The van der Waals surface area contributed by atoms with Crippen LogP contribution in [0.1, 0.15) is 12.5 Å². The normalized spacial score (nSPS) is 17.6. The standard InChI is InChI=1S/C18H25N3O4/c1-13(22)20-8-9-21(12-15(11-20)18(24)19-2)17(23)10-14-4-6-16(25-3)7-5-14/h4-7,15H,8-12H2,1-3H3,(H,19,24). The number of hydrogen-bond donors (Lipinski definition) is 1. The number of carbonyl (C=O) groups excluding carboxylic acids is 3. The van der Waals surface area contributed by atoms with Gasteiger partial charge >= 0.3 is 0 Å². The highest BCUT2D eigenvalue weighted by Crippen LogP contribution is 2.15. The van der Waals surface area contributed by atoms with E-state index < -0.39 is 5.92 Å². The van der Waals surface area contributed by atoms with Gasteiger partial charge in [-0.05, 0) is 17.7 Å². The number of amides is 3. The van der Waals surface area contributed by atoms with Gasteiger partial charge in [-0.3, -0.25) is 14.4 Å². The van der Waals surface area contributed by atoms with Crippen molar-refractivity contribution in [2.45, 2.75) is 13.3 Å². The number of ether oxygens (including phenoxy) is 1. The number of rotatable bonds is 4. The molecule has 25 heavy (non-hydrogen) atoms. The molecule has 2 rings (SSSR count). The van der Waals surface area contributed by atoms with Crippen LogP contribution in [0.2, 0.25) is 0 Å². The van der Waals surface area contributed by atoms with Crippen LogP contribution in [-0.4, -0.2) is 67.9 Å². The van der Waals surface area contributed by atoms with E-state index in [4.69, 9.17) is 4.74 Å². The molecule has 1 aromatic rings. The highest BCUT2D eigenvalue weighted by atomic mass is 16.5. The van der Waals surface area contributed by atoms with Crippen molar-refractivity contribution in [3.05, 3.63) is 29.8 Å². The summed E-state index contributed by atoms with van der Waals surface area (Å²) in [6.07, 6.45) is 0.254. The van der Waals surface area contributed by atoms with E-state index in [1.54, 1.807) is 24.0 Å². The maximum absolute atomic E-state index is 12.7. The van der Waals surface area contributed by atoms with Crippen LogP contribution in [0.25, 0.3) is 0 Å². The van der Waals surface area contributed by atoms with Crippen molar-refractivity contribution in [3.8, 4) is 5.75 Å². The van der Waals surface area contributed by atoms with E-state index in [2.05, 4.69) is 5.32 Å². The minimum absolute atomic E-state index is 0.0514. The van der Waals surface area contributed by atoms with E-state index in [0.29, 0.717) is 26.2 Å². The summed E-state index contributed by atoms with van der Waals surface area (Å²) in [6, 6.07) is 7.34. The monoisotopic (exact) mass is 347 g/mol. The fraction of sp³-hybridized carbons (Fsp3) is 0.500. The van der Waals surface area contributed by atoms with E-state index in [1.807, 2.05) is 24.3 Å². The molecule has 1 fully saturated rings. The molecule has 0 spiro atoms. The Bertz CT molecular complexity index is 630. The number of benzene rings is 1. The molecule has 1 aliphatic rings. The zero-order valence-electron chi connectivity index (χ0n) is 14.9. The van der Waals surface area contributed by atoms with Crippen molar-refractivity contribution in [1.29, 1.82) is 0 Å². The quantitative estimate of drug-likeness (QED) is 0.849. The summed E-state index contributed by atoms with van der Waals surface area (Å²) in [6.45, 7) is 3.01. The molecule has 0 radical (unpaired) electrons. The first-order valence-electron chi connectivity index (χ1n) is 8.32. The maximum Gasteiger partial charge on any atom is 0.227 e. The lowest BCUT2D eigenvalue weighted by Crippen LogP contribution is -2.42. The van der Waals surface area contributed by atoms with E-state index in [9.17, 15) is 14.4 Å². The summed E-state index contributed by atoms with van der Waals surface area (Å²) in [5, 5.41) is 2.62. The summed E-state index contributed by atoms with van der Waals surface area (Å²) in [5.41, 5.74) is 0.884. The Morgan fingerprint density at radius 1 is 1.12 bits per heavy atom. The molecule has 0 bridgehead atoms. The van der Waals surface area contributed by atoms with Crippen LogP contribution in [0.15, 0.2) is 24.3 Å². The Morgan fingerprint density at radius 3 is 2.28 bits per heavy atom. The molecule has 0 aliphatic carbocycles. The lowest BCUT2D eigenvalue weighted by atomic mass is 10.1. The lowest BCUT2D eigenvalue weighted by Gasteiger charge is -2.23. The smallest absolute Gasteiger partial charge is 0.227 e. The fourth-order valence-corrected chi connectivity index (χ4v) is 2.93. The van der Waals surface area contributed by atoms with Gasteiger partial charge in [0.05, 0.1) is 19.4 Å². The molecule has 1 unspecified atom stereocenters. The van der Waals surface area contributed by atoms with E-state index in [1.165, 1.54) is 6.92 Å². The minimum Gasteiger partial charge on any atom is -0.497 e. The third kappa shape index (κ3) is 4.95. The molecular formula is C18H25N3O4. The minimum atomic E-state index is -0.420. The second-order valence-electron chi connectivity index (χ2n) is 6.14. The van der Waals surface area contributed by atoms with Gasteiger partial charge in [-0.2, -0.15) is 0 Å². The molecule has 1 heterocycles. The SMILES string of the molecule is CNC(=O)C1CN(C(C)=O)CCN(C(=O)Cc2ccc(OC)cc2)C1. The Labute approximate surface area is 147 Å². The average molecular weight is 347 g/mol. The van der Waals surface area contributed by atoms with E-state index >= 15 is 0 Å². The van der Waals surface area contributed by atoms with Gasteiger partial charge in [-0.15, -0.1) is 0 Å². The van der Waals surface area contributed by atoms with Gasteiger partial charge < -0.3 is 19.9 Å². The van der Waals surface area contributed by atoms with E-state index in [0.717, 1.165) is 11.3 Å². The fourth-order valence-electron chi connectivity index (χ4n) is 2.93. The van der Waals surface area contributed by atoms with Crippen LogP contribution in [0, 0.1) is 5.92 Å². The zero-order chi connectivity index (χ0) is 18.4. The van der Waals surface area contributed by atoms with Gasteiger partial charge in [-0.1, -0.05) is 12.1 Å². The Balaban J connectivity index is 2.08. The Morgan fingerprint density at radius 2 is 1.72 bits per heavy atom. The Hall–Kier alpha value is -2.57. The molecular weight excluding hydrogens is 322 g/mol. The largest absolute Gasteiger partial charge is 0.497 e. The van der Waals surface area contributed by atoms with Gasteiger partial charge in [-0.25, -0.2) is 0 Å². The second kappa shape index (κ2) is 8.50. The van der Waals surface area contributed by atoms with E-state index in [-0.39, 0.29) is 24.1 Å². The topological polar surface area (TPSA) is 79.0 Å². The van der Waals surface area contributed by atoms with Crippen molar-refractivity contribution < 1.29 is 19.1 Å². The molecule has 1 N–H and O–H groups in total. The number of nitrogens with one attached hydrogen (secondary N) is 1. The van der Waals surface area contributed by atoms with Gasteiger partial charge in [0.2, 0.25) is 17.7 Å². The molecule has 1 aliphatic heterocycles. The molecule has 7 nitrogen and oxygen atoms in total. The predicted molar refractivity (Wildman–Crippen MR) is 93.1 cm³/mol. The Kier molecular flexibility index (Phi) is 6.38. The summed E-state index contributed by atoms with van der Waals surface area (Å²) < 4.78 is 5.12. The van der Waals surface area contributed by atoms with Crippen molar-refractivity contribution in [1.82, 2.24) is 15.1 Å². The van der Waals surface area contributed by atoms with Crippen molar-refractivity contribution >= 4 is 17.7 Å². The molecule has 1 saturated heterocycles. The summed E-state index contributed by atoms with van der Waals surface area (Å²) in [7, 11) is 3.16. The molecule has 136 valence electrons. The maximum atomic E-state index is 12.7. The van der Waals surface area contributed by atoms with Crippen molar-refractivity contribution in [2.24, 2.45) is 5.92 Å². The molecule has 1 atom stereocenters. The van der Waals surface area contributed by atoms with Crippen LogP contribution in [0.4, 0.5) is 0 Å². The third-order valence-electron chi connectivity index (χ3n) is 4.45. The molecule has 3 amide bonds. The first-order valence-corrected chi connectivity index (χ1v) is 8.32. The molecule has 0 aromatic heterocycles. The number of carbonyl (C=O) groups is 3. The van der Waals surface area contributed by atoms with Crippen LogP contribution in [-0.2, 0) is 20.8 Å². The zero-order valence-corrected chi connectivity index (χ0v) is 14.9. The third-order valence-corrected chi connectivity index (χ3v) is 4.45. The lowest BCUT2D eigenvalue weighted by molar-refractivity contribution is -0.132. The summed E-state index contributed by atoms with van der Waals surface area (Å²) in [4.78, 5) is 39.8. The highest BCUT2D eigenvalue weighted by molar-refractivity contribution is 5.83. The van der Waals surface area contributed by atoms with Gasteiger partial charge in [0.1, 0.15) is 5.75 Å². The molecule has 7 heteroatoms. The number of methoxy groups -OCH3 is 1. The number of nitrogens with zero attached hydrogens (tertiary/aromatic N) is 2. The van der Waals surface area contributed by atoms with Crippen LogP contribution in [0.5, 0.6) is 5.75 Å². The highest BCUT2D eigenvalue weighted by Gasteiger charge is 2.30. The van der Waals surface area contributed by atoms with Crippen LogP contribution < -0.4 is 10.1 Å². The van der Waals surface area contributed by atoms with Gasteiger partial charge in [0.15, 0.2) is 0 Å². The van der Waals surface area contributed by atoms with Gasteiger partial charge in [0, 0.05) is 40.2 Å². The summed E-state index contributed by atoms with van der Waals surface area (Å²) >= 11 is 0. The number of hydrogen-bond acceptors (Lipinski definition) is 4. The van der Waals surface area contributed by atoms with Crippen molar-refractivity contribution in [2.75, 3.05) is 40.3 Å².